The van der Waals surface area contributed by atoms with E-state index < -0.39 is 0 Å². The third-order valence-electron chi connectivity index (χ3n) is 13.8. The Kier molecular flexibility index (Phi) is 9.54. The highest BCUT2D eigenvalue weighted by Crippen LogP contribution is 2.43. The summed E-state index contributed by atoms with van der Waals surface area (Å²) in [5, 5.41) is 10.0. The van der Waals surface area contributed by atoms with Crippen LogP contribution in [0.4, 0.5) is 17.1 Å². The normalized spacial score (nSPS) is 11.5. The Bertz CT molecular complexity index is 4000. The van der Waals surface area contributed by atoms with E-state index >= 15 is 0 Å². The van der Waals surface area contributed by atoms with E-state index in [1.54, 1.807) is 0 Å². The second-order valence-electron chi connectivity index (χ2n) is 17.7. The van der Waals surface area contributed by atoms with E-state index in [1.807, 2.05) is 0 Å². The van der Waals surface area contributed by atoms with Crippen molar-refractivity contribution in [3.8, 4) is 50.2 Å². The van der Waals surface area contributed by atoms with Gasteiger partial charge in [-0.15, -0.1) is 0 Å². The van der Waals surface area contributed by atoms with Crippen molar-refractivity contribution < 1.29 is 0 Å². The van der Waals surface area contributed by atoms with Crippen LogP contribution in [0.5, 0.6) is 0 Å². The van der Waals surface area contributed by atoms with Crippen molar-refractivity contribution in [3.05, 3.63) is 267 Å². The SMILES string of the molecule is c1ccc(-c2cccc3c4ccccc4n(-c4ccccc4-c4ccc(N(c5ccc(-c6ccc7ccccc7c6)cc5)c5ccc(-c6cc7ccccc7c7ccccc67)cc5)cc4)c23)cc1. The molecule has 0 spiro atoms. The minimum absolute atomic E-state index is 1.08. The van der Waals surface area contributed by atoms with Gasteiger partial charge in [0.05, 0.1) is 16.7 Å². The van der Waals surface area contributed by atoms with E-state index in [9.17, 15) is 0 Å². The zero-order valence-corrected chi connectivity index (χ0v) is 37.3. The zero-order valence-electron chi connectivity index (χ0n) is 37.3. The number of nitrogens with zero attached hydrogens (tertiary/aromatic N) is 2. The van der Waals surface area contributed by atoms with Crippen LogP contribution in [0.15, 0.2) is 267 Å². The van der Waals surface area contributed by atoms with Gasteiger partial charge < -0.3 is 9.47 Å². The average Bonchev–Trinajstić information content (AvgIpc) is 3.76. The molecule has 0 saturated heterocycles. The quantitative estimate of drug-likeness (QED) is 0.138. The fourth-order valence-corrected chi connectivity index (χ4v) is 10.5. The maximum Gasteiger partial charge on any atom is 0.0619 e. The molecule has 13 rings (SSSR count). The first-order valence-corrected chi connectivity index (χ1v) is 23.4. The number of aromatic nitrogens is 1. The molecule has 318 valence electrons. The second kappa shape index (κ2) is 16.5. The van der Waals surface area contributed by atoms with Crippen LogP contribution in [0, 0.1) is 0 Å². The molecule has 2 nitrogen and oxygen atoms in total. The van der Waals surface area contributed by atoms with Gasteiger partial charge in [-0.3, -0.25) is 0 Å². The summed E-state index contributed by atoms with van der Waals surface area (Å²) in [5.41, 5.74) is 16.4. The Labute approximate surface area is 395 Å². The van der Waals surface area contributed by atoms with Gasteiger partial charge in [-0.1, -0.05) is 206 Å². The fraction of sp³-hybridized carbons (Fsp3) is 0. The summed E-state index contributed by atoms with van der Waals surface area (Å²) < 4.78 is 2.47. The van der Waals surface area contributed by atoms with E-state index in [4.69, 9.17) is 0 Å². The Hall–Kier alpha value is -8.98. The topological polar surface area (TPSA) is 8.17 Å². The summed E-state index contributed by atoms with van der Waals surface area (Å²) in [4.78, 5) is 2.38. The lowest BCUT2D eigenvalue weighted by molar-refractivity contribution is 1.18. The highest BCUT2D eigenvalue weighted by Gasteiger charge is 2.20. The molecule has 0 radical (unpaired) electrons. The average molecular weight is 865 g/mol. The number of benzene rings is 12. The molecule has 2 heteroatoms. The predicted octanol–water partition coefficient (Wildman–Crippen LogP) is 18.4. The summed E-state index contributed by atoms with van der Waals surface area (Å²) in [5.74, 6) is 0. The van der Waals surface area contributed by atoms with Crippen molar-refractivity contribution in [1.82, 2.24) is 4.57 Å². The molecule has 12 aromatic carbocycles. The van der Waals surface area contributed by atoms with E-state index in [2.05, 4.69) is 276 Å². The van der Waals surface area contributed by atoms with Crippen molar-refractivity contribution in [2.45, 2.75) is 0 Å². The van der Waals surface area contributed by atoms with Gasteiger partial charge in [-0.25, -0.2) is 0 Å². The van der Waals surface area contributed by atoms with Crippen molar-refractivity contribution in [2.75, 3.05) is 4.90 Å². The van der Waals surface area contributed by atoms with Gasteiger partial charge in [-0.2, -0.15) is 0 Å². The van der Waals surface area contributed by atoms with Gasteiger partial charge in [0, 0.05) is 39.0 Å². The van der Waals surface area contributed by atoms with Gasteiger partial charge in [0.25, 0.3) is 0 Å². The lowest BCUT2D eigenvalue weighted by Crippen LogP contribution is -2.10. The van der Waals surface area contributed by atoms with Crippen molar-refractivity contribution >= 4 is 71.2 Å². The minimum atomic E-state index is 1.08. The van der Waals surface area contributed by atoms with Gasteiger partial charge in [0.15, 0.2) is 0 Å². The number of fused-ring (bicyclic) bond motifs is 7. The molecule has 0 aliphatic carbocycles. The molecule has 0 N–H and O–H groups in total. The molecular formula is C66H44N2. The van der Waals surface area contributed by atoms with Crippen LogP contribution in [-0.4, -0.2) is 4.57 Å². The third-order valence-corrected chi connectivity index (χ3v) is 13.8. The first-order chi connectivity index (χ1) is 33.7. The Morgan fingerprint density at radius 3 is 1.49 bits per heavy atom. The molecule has 1 aromatic heterocycles. The standard InChI is InChI=1S/C66H44N2/c1-2-16-47(17-3-1)58-25-14-26-62-61-24-11-13-28-65(61)68(66(58)62)64-27-12-10-21-57(64)48-33-39-54(40-34-48)67(53-37-31-46(32-38-53)51-30-29-45-15-4-5-18-50(45)43-51)55-41-35-49(36-42-55)63-44-52-19-6-7-20-56(52)59-22-8-9-23-60(59)63/h1-44H. The summed E-state index contributed by atoms with van der Waals surface area (Å²) in [6.45, 7) is 0. The van der Waals surface area contributed by atoms with E-state index in [0.29, 0.717) is 0 Å². The molecule has 0 amide bonds. The minimum Gasteiger partial charge on any atom is -0.311 e. The molecule has 0 aliphatic heterocycles. The van der Waals surface area contributed by atoms with Crippen LogP contribution in [-0.2, 0) is 0 Å². The van der Waals surface area contributed by atoms with E-state index in [0.717, 1.165) is 28.3 Å². The lowest BCUT2D eigenvalue weighted by Gasteiger charge is -2.26. The number of anilines is 3. The summed E-state index contributed by atoms with van der Waals surface area (Å²) >= 11 is 0. The molecule has 1 heterocycles. The highest BCUT2D eigenvalue weighted by molar-refractivity contribution is 6.15. The summed E-state index contributed by atoms with van der Waals surface area (Å²) in [6, 6.07) is 97.4. The van der Waals surface area contributed by atoms with Crippen LogP contribution >= 0.6 is 0 Å². The number of hydrogen-bond acceptors (Lipinski definition) is 1. The van der Waals surface area contributed by atoms with Crippen LogP contribution in [0.25, 0.3) is 104 Å². The molecule has 68 heavy (non-hydrogen) atoms. The number of rotatable bonds is 8. The monoisotopic (exact) mass is 864 g/mol. The van der Waals surface area contributed by atoms with Crippen LogP contribution in [0.2, 0.25) is 0 Å². The lowest BCUT2D eigenvalue weighted by atomic mass is 9.93. The van der Waals surface area contributed by atoms with Gasteiger partial charge in [0.2, 0.25) is 0 Å². The maximum atomic E-state index is 2.47. The van der Waals surface area contributed by atoms with Gasteiger partial charge in [-0.05, 0) is 126 Å². The molecule has 0 aliphatic rings. The smallest absolute Gasteiger partial charge is 0.0619 e. The Balaban J connectivity index is 0.926. The van der Waals surface area contributed by atoms with Gasteiger partial charge in [0.1, 0.15) is 0 Å². The first-order valence-electron chi connectivity index (χ1n) is 23.4. The summed E-state index contributed by atoms with van der Waals surface area (Å²) in [6.07, 6.45) is 0. The third kappa shape index (κ3) is 6.73. The van der Waals surface area contributed by atoms with Crippen molar-refractivity contribution in [3.63, 3.8) is 0 Å². The van der Waals surface area contributed by atoms with Crippen LogP contribution in [0.1, 0.15) is 0 Å². The van der Waals surface area contributed by atoms with Crippen LogP contribution < -0.4 is 4.90 Å². The first kappa shape index (κ1) is 39.4. The molecule has 0 bridgehead atoms. The second-order valence-corrected chi connectivity index (χ2v) is 17.7. The van der Waals surface area contributed by atoms with E-state index in [-0.39, 0.29) is 0 Å². The van der Waals surface area contributed by atoms with Crippen LogP contribution in [0.3, 0.4) is 0 Å². The van der Waals surface area contributed by atoms with Gasteiger partial charge >= 0.3 is 0 Å². The zero-order chi connectivity index (χ0) is 45.0. The Morgan fingerprint density at radius 2 is 0.750 bits per heavy atom. The molecular weight excluding hydrogens is 821 g/mol. The predicted molar refractivity (Wildman–Crippen MR) is 290 cm³/mol. The fourth-order valence-electron chi connectivity index (χ4n) is 10.5. The molecule has 0 fully saturated rings. The molecule has 0 unspecified atom stereocenters. The van der Waals surface area contributed by atoms with Crippen molar-refractivity contribution in [1.29, 1.82) is 0 Å². The Morgan fingerprint density at radius 1 is 0.250 bits per heavy atom. The van der Waals surface area contributed by atoms with E-state index in [1.165, 1.54) is 93.1 Å². The maximum absolute atomic E-state index is 2.47. The number of para-hydroxylation sites is 3. The summed E-state index contributed by atoms with van der Waals surface area (Å²) in [7, 11) is 0. The molecule has 0 saturated carbocycles. The number of hydrogen-bond donors (Lipinski definition) is 0. The largest absolute Gasteiger partial charge is 0.311 e. The highest BCUT2D eigenvalue weighted by atomic mass is 15.1. The van der Waals surface area contributed by atoms with Crippen molar-refractivity contribution in [2.24, 2.45) is 0 Å². The molecule has 0 atom stereocenters. The molecule has 13 aromatic rings.